The number of hydrogen-bond acceptors (Lipinski definition) is 4. The van der Waals surface area contributed by atoms with E-state index in [-0.39, 0.29) is 0 Å². The molecule has 0 saturated carbocycles. The smallest absolute Gasteiger partial charge is 0.0826 e. The quantitative estimate of drug-likeness (QED) is 0.648. The van der Waals surface area contributed by atoms with E-state index in [0.29, 0.717) is 18.1 Å². The van der Waals surface area contributed by atoms with Crippen LogP contribution < -0.4 is 5.32 Å². The van der Waals surface area contributed by atoms with Crippen molar-refractivity contribution in [2.24, 2.45) is 5.92 Å². The van der Waals surface area contributed by atoms with Gasteiger partial charge >= 0.3 is 0 Å². The van der Waals surface area contributed by atoms with Crippen LogP contribution in [-0.2, 0) is 9.47 Å². The fraction of sp³-hybridized carbons (Fsp3) is 1.00. The van der Waals surface area contributed by atoms with Crippen LogP contribution in [0, 0.1) is 5.92 Å². The molecule has 1 atom stereocenters. The van der Waals surface area contributed by atoms with Crippen LogP contribution in [-0.4, -0.2) is 63.0 Å². The van der Waals surface area contributed by atoms with Gasteiger partial charge in [-0.3, -0.25) is 4.90 Å². The normalized spacial score (nSPS) is 21.5. The first-order valence-electron chi connectivity index (χ1n) is 7.73. The summed E-state index contributed by atoms with van der Waals surface area (Å²) < 4.78 is 11.3. The SMILES string of the molecule is CC(C)COCCCNCC1CN(C(C)C)CCO1. The van der Waals surface area contributed by atoms with Crippen molar-refractivity contribution in [2.75, 3.05) is 46.0 Å². The van der Waals surface area contributed by atoms with Gasteiger partial charge < -0.3 is 14.8 Å². The maximum absolute atomic E-state index is 5.78. The summed E-state index contributed by atoms with van der Waals surface area (Å²) >= 11 is 0. The Morgan fingerprint density at radius 1 is 1.32 bits per heavy atom. The first-order valence-corrected chi connectivity index (χ1v) is 7.73. The lowest BCUT2D eigenvalue weighted by molar-refractivity contribution is -0.0372. The predicted octanol–water partition coefficient (Wildman–Crippen LogP) is 1.75. The van der Waals surface area contributed by atoms with Crippen LogP contribution in [0.2, 0.25) is 0 Å². The van der Waals surface area contributed by atoms with E-state index in [1.165, 1.54) is 0 Å². The van der Waals surface area contributed by atoms with Crippen molar-refractivity contribution >= 4 is 0 Å². The van der Waals surface area contributed by atoms with Crippen molar-refractivity contribution in [3.8, 4) is 0 Å². The Morgan fingerprint density at radius 2 is 2.11 bits per heavy atom. The lowest BCUT2D eigenvalue weighted by Crippen LogP contribution is -2.49. The number of hydrogen-bond donors (Lipinski definition) is 1. The van der Waals surface area contributed by atoms with E-state index in [9.17, 15) is 0 Å². The molecule has 1 unspecified atom stereocenters. The predicted molar refractivity (Wildman–Crippen MR) is 79.6 cm³/mol. The van der Waals surface area contributed by atoms with E-state index in [1.807, 2.05) is 0 Å². The second kappa shape index (κ2) is 9.70. The fourth-order valence-corrected chi connectivity index (χ4v) is 2.22. The van der Waals surface area contributed by atoms with Gasteiger partial charge in [0, 0.05) is 38.9 Å². The van der Waals surface area contributed by atoms with Crippen LogP contribution in [0.5, 0.6) is 0 Å². The molecule has 1 saturated heterocycles. The summed E-state index contributed by atoms with van der Waals surface area (Å²) in [6, 6.07) is 0.621. The standard InChI is InChI=1S/C15H32N2O2/c1-13(2)12-18-8-5-6-16-10-15-11-17(14(3)4)7-9-19-15/h13-16H,5-12H2,1-4H3. The van der Waals surface area contributed by atoms with Gasteiger partial charge in [0.2, 0.25) is 0 Å². The minimum Gasteiger partial charge on any atom is -0.381 e. The molecule has 0 radical (unpaired) electrons. The summed E-state index contributed by atoms with van der Waals surface area (Å²) in [6.45, 7) is 15.5. The molecule has 19 heavy (non-hydrogen) atoms. The molecule has 0 aliphatic carbocycles. The van der Waals surface area contributed by atoms with Crippen LogP contribution in [0.3, 0.4) is 0 Å². The van der Waals surface area contributed by atoms with Crippen molar-refractivity contribution in [1.82, 2.24) is 10.2 Å². The van der Waals surface area contributed by atoms with Gasteiger partial charge in [0.1, 0.15) is 0 Å². The van der Waals surface area contributed by atoms with Crippen molar-refractivity contribution in [3.63, 3.8) is 0 Å². The zero-order valence-corrected chi connectivity index (χ0v) is 13.2. The highest BCUT2D eigenvalue weighted by atomic mass is 16.5. The molecule has 0 spiro atoms. The Hall–Kier alpha value is -0.160. The molecule has 0 amide bonds. The largest absolute Gasteiger partial charge is 0.381 e. The lowest BCUT2D eigenvalue weighted by Gasteiger charge is -2.35. The molecule has 0 aromatic heterocycles. The monoisotopic (exact) mass is 272 g/mol. The molecule has 114 valence electrons. The summed E-state index contributed by atoms with van der Waals surface area (Å²) in [5.41, 5.74) is 0. The zero-order valence-electron chi connectivity index (χ0n) is 13.2. The second-order valence-electron chi connectivity index (χ2n) is 6.11. The average Bonchev–Trinajstić information content (AvgIpc) is 2.37. The fourth-order valence-electron chi connectivity index (χ4n) is 2.22. The maximum atomic E-state index is 5.78. The highest BCUT2D eigenvalue weighted by Crippen LogP contribution is 2.07. The van der Waals surface area contributed by atoms with E-state index >= 15 is 0 Å². The zero-order chi connectivity index (χ0) is 14.1. The van der Waals surface area contributed by atoms with Gasteiger partial charge in [0.15, 0.2) is 0 Å². The molecular weight excluding hydrogens is 240 g/mol. The van der Waals surface area contributed by atoms with Crippen molar-refractivity contribution in [2.45, 2.75) is 46.3 Å². The summed E-state index contributed by atoms with van der Waals surface area (Å²) in [4.78, 5) is 2.49. The van der Waals surface area contributed by atoms with Crippen LogP contribution in [0.15, 0.2) is 0 Å². The first kappa shape index (κ1) is 16.9. The summed E-state index contributed by atoms with van der Waals surface area (Å²) in [5, 5.41) is 3.47. The van der Waals surface area contributed by atoms with Crippen LogP contribution in [0.4, 0.5) is 0 Å². The summed E-state index contributed by atoms with van der Waals surface area (Å²) in [6.07, 6.45) is 1.42. The van der Waals surface area contributed by atoms with Gasteiger partial charge in [0.05, 0.1) is 12.7 Å². The molecule has 1 aliphatic heterocycles. The van der Waals surface area contributed by atoms with Crippen molar-refractivity contribution in [3.05, 3.63) is 0 Å². The van der Waals surface area contributed by atoms with Crippen LogP contribution >= 0.6 is 0 Å². The molecule has 1 N–H and O–H groups in total. The number of morpholine rings is 1. The molecule has 4 heteroatoms. The second-order valence-corrected chi connectivity index (χ2v) is 6.11. The van der Waals surface area contributed by atoms with Gasteiger partial charge in [-0.15, -0.1) is 0 Å². The number of rotatable bonds is 9. The van der Waals surface area contributed by atoms with Crippen molar-refractivity contribution < 1.29 is 9.47 Å². The molecule has 1 heterocycles. The third-order valence-corrected chi connectivity index (χ3v) is 3.37. The van der Waals surface area contributed by atoms with Gasteiger partial charge in [-0.05, 0) is 32.7 Å². The Morgan fingerprint density at radius 3 is 2.79 bits per heavy atom. The topological polar surface area (TPSA) is 33.7 Å². The third-order valence-electron chi connectivity index (χ3n) is 3.37. The maximum Gasteiger partial charge on any atom is 0.0826 e. The number of nitrogens with one attached hydrogen (secondary N) is 1. The number of nitrogens with zero attached hydrogens (tertiary/aromatic N) is 1. The van der Waals surface area contributed by atoms with Crippen LogP contribution in [0.1, 0.15) is 34.1 Å². The lowest BCUT2D eigenvalue weighted by atomic mass is 10.2. The van der Waals surface area contributed by atoms with Gasteiger partial charge in [-0.1, -0.05) is 13.8 Å². The third kappa shape index (κ3) is 7.88. The van der Waals surface area contributed by atoms with E-state index in [2.05, 4.69) is 37.9 Å². The Labute approximate surface area is 118 Å². The average molecular weight is 272 g/mol. The van der Waals surface area contributed by atoms with Gasteiger partial charge in [0.25, 0.3) is 0 Å². The molecule has 1 fully saturated rings. The molecule has 1 rings (SSSR count). The van der Waals surface area contributed by atoms with Crippen LogP contribution in [0.25, 0.3) is 0 Å². The van der Waals surface area contributed by atoms with E-state index in [0.717, 1.165) is 52.4 Å². The van der Waals surface area contributed by atoms with E-state index in [4.69, 9.17) is 9.47 Å². The molecule has 0 bridgehead atoms. The van der Waals surface area contributed by atoms with Gasteiger partial charge in [-0.25, -0.2) is 0 Å². The highest BCUT2D eigenvalue weighted by Gasteiger charge is 2.21. The Balaban J connectivity index is 1.97. The summed E-state index contributed by atoms with van der Waals surface area (Å²) in [7, 11) is 0. The van der Waals surface area contributed by atoms with Gasteiger partial charge in [-0.2, -0.15) is 0 Å². The summed E-state index contributed by atoms with van der Waals surface area (Å²) in [5.74, 6) is 0.630. The molecule has 0 aromatic carbocycles. The minimum atomic E-state index is 0.340. The van der Waals surface area contributed by atoms with E-state index in [1.54, 1.807) is 0 Å². The Bertz CT molecular complexity index is 222. The molecule has 4 nitrogen and oxygen atoms in total. The highest BCUT2D eigenvalue weighted by molar-refractivity contribution is 4.75. The van der Waals surface area contributed by atoms with Crippen molar-refractivity contribution in [1.29, 1.82) is 0 Å². The molecule has 0 aromatic rings. The molecular formula is C15H32N2O2. The number of ether oxygens (including phenoxy) is 2. The Kier molecular flexibility index (Phi) is 8.62. The first-order chi connectivity index (χ1) is 9.09. The molecule has 1 aliphatic rings. The minimum absolute atomic E-state index is 0.340. The van der Waals surface area contributed by atoms with E-state index < -0.39 is 0 Å².